The van der Waals surface area contributed by atoms with E-state index in [1.165, 1.54) is 6.92 Å². The van der Waals surface area contributed by atoms with Crippen LogP contribution in [0.3, 0.4) is 0 Å². The third kappa shape index (κ3) is 5.52. The Balaban J connectivity index is 1.90. The van der Waals surface area contributed by atoms with E-state index >= 15 is 0 Å². The molecule has 0 spiro atoms. The molecule has 0 aliphatic carbocycles. The van der Waals surface area contributed by atoms with Crippen LogP contribution in [0.15, 0.2) is 30.3 Å². The lowest BCUT2D eigenvalue weighted by Gasteiger charge is -2.15. The standard InChI is InChI=1S/C20H24N2O3S/c1-13-10-18(14(2)26-13)19(24)8-9-20(25)21-17-7-5-6-16(11-17)12-22(4)15(3)23/h5-7,10-11H,8-9,12H2,1-4H3,(H,21,25). The van der Waals surface area contributed by atoms with Gasteiger partial charge in [0, 0.05) is 54.4 Å². The second kappa shape index (κ2) is 8.76. The average Bonchev–Trinajstić information content (AvgIpc) is 2.91. The number of anilines is 1. The summed E-state index contributed by atoms with van der Waals surface area (Å²) in [4.78, 5) is 39.4. The number of carbonyl (C=O) groups excluding carboxylic acids is 3. The highest BCUT2D eigenvalue weighted by atomic mass is 32.1. The third-order valence-electron chi connectivity index (χ3n) is 4.09. The zero-order valence-electron chi connectivity index (χ0n) is 15.6. The van der Waals surface area contributed by atoms with Crippen molar-refractivity contribution < 1.29 is 14.4 Å². The first-order chi connectivity index (χ1) is 12.3. The minimum atomic E-state index is -0.194. The SMILES string of the molecule is CC(=O)N(C)Cc1cccc(NC(=O)CCC(=O)c2cc(C)sc2C)c1. The van der Waals surface area contributed by atoms with Gasteiger partial charge in [0.15, 0.2) is 5.78 Å². The van der Waals surface area contributed by atoms with E-state index in [-0.39, 0.29) is 30.4 Å². The second-order valence-electron chi connectivity index (χ2n) is 6.37. The zero-order chi connectivity index (χ0) is 19.3. The molecule has 0 aliphatic rings. The number of nitrogens with zero attached hydrogens (tertiary/aromatic N) is 1. The van der Waals surface area contributed by atoms with E-state index in [9.17, 15) is 14.4 Å². The number of ketones is 1. The normalized spacial score (nSPS) is 10.5. The van der Waals surface area contributed by atoms with E-state index < -0.39 is 0 Å². The van der Waals surface area contributed by atoms with Gasteiger partial charge in [-0.2, -0.15) is 0 Å². The second-order valence-corrected chi connectivity index (χ2v) is 7.83. The first-order valence-corrected chi connectivity index (χ1v) is 9.28. The summed E-state index contributed by atoms with van der Waals surface area (Å²) in [6.07, 6.45) is 0.334. The molecule has 0 radical (unpaired) electrons. The fourth-order valence-corrected chi connectivity index (χ4v) is 3.57. The highest BCUT2D eigenvalue weighted by Gasteiger charge is 2.14. The molecule has 0 fully saturated rings. The minimum Gasteiger partial charge on any atom is -0.342 e. The maximum absolute atomic E-state index is 12.3. The largest absolute Gasteiger partial charge is 0.342 e. The van der Waals surface area contributed by atoms with Gasteiger partial charge >= 0.3 is 0 Å². The van der Waals surface area contributed by atoms with Crippen molar-refractivity contribution in [1.82, 2.24) is 4.90 Å². The summed E-state index contributed by atoms with van der Waals surface area (Å²) in [5.41, 5.74) is 2.31. The van der Waals surface area contributed by atoms with Crippen molar-refractivity contribution >= 4 is 34.6 Å². The minimum absolute atomic E-state index is 0.00108. The van der Waals surface area contributed by atoms with Gasteiger partial charge in [-0.25, -0.2) is 0 Å². The van der Waals surface area contributed by atoms with Crippen molar-refractivity contribution in [1.29, 1.82) is 0 Å². The van der Waals surface area contributed by atoms with Crippen LogP contribution < -0.4 is 5.32 Å². The van der Waals surface area contributed by atoms with Gasteiger partial charge in [0.05, 0.1) is 0 Å². The lowest BCUT2D eigenvalue weighted by molar-refractivity contribution is -0.128. The van der Waals surface area contributed by atoms with Gasteiger partial charge in [-0.1, -0.05) is 12.1 Å². The first-order valence-electron chi connectivity index (χ1n) is 8.47. The van der Waals surface area contributed by atoms with E-state index in [0.717, 1.165) is 20.9 Å². The number of hydrogen-bond acceptors (Lipinski definition) is 4. The molecule has 0 saturated carbocycles. The van der Waals surface area contributed by atoms with Gasteiger partial charge in [-0.3, -0.25) is 14.4 Å². The van der Waals surface area contributed by atoms with E-state index in [0.29, 0.717) is 12.2 Å². The van der Waals surface area contributed by atoms with Gasteiger partial charge < -0.3 is 10.2 Å². The van der Waals surface area contributed by atoms with Crippen LogP contribution in [0.5, 0.6) is 0 Å². The Bertz CT molecular complexity index is 826. The Morgan fingerprint density at radius 3 is 2.46 bits per heavy atom. The highest BCUT2D eigenvalue weighted by molar-refractivity contribution is 7.12. The number of Topliss-reactive ketones (excluding diaryl/α,β-unsaturated/α-hetero) is 1. The fraction of sp³-hybridized carbons (Fsp3) is 0.350. The van der Waals surface area contributed by atoms with Gasteiger partial charge in [0.1, 0.15) is 0 Å². The molecule has 1 aromatic carbocycles. The molecule has 2 aromatic rings. The first kappa shape index (κ1) is 19.8. The lowest BCUT2D eigenvalue weighted by atomic mass is 10.1. The van der Waals surface area contributed by atoms with Gasteiger partial charge in [0.2, 0.25) is 11.8 Å². The molecule has 2 amide bonds. The highest BCUT2D eigenvalue weighted by Crippen LogP contribution is 2.22. The van der Waals surface area contributed by atoms with Crippen LogP contribution in [0.25, 0.3) is 0 Å². The predicted octanol–water partition coefficient (Wildman–Crippen LogP) is 3.94. The van der Waals surface area contributed by atoms with E-state index in [2.05, 4.69) is 5.32 Å². The molecular weight excluding hydrogens is 348 g/mol. The molecule has 0 atom stereocenters. The molecule has 1 aromatic heterocycles. The van der Waals surface area contributed by atoms with Gasteiger partial charge in [0.25, 0.3) is 0 Å². The van der Waals surface area contributed by atoms with E-state index in [1.807, 2.05) is 38.1 Å². The molecule has 5 nitrogen and oxygen atoms in total. The maximum Gasteiger partial charge on any atom is 0.224 e. The number of benzene rings is 1. The third-order valence-corrected chi connectivity index (χ3v) is 5.05. The van der Waals surface area contributed by atoms with Crippen LogP contribution in [-0.4, -0.2) is 29.5 Å². The molecule has 6 heteroatoms. The summed E-state index contributed by atoms with van der Waals surface area (Å²) in [6, 6.07) is 9.26. The number of amides is 2. The van der Waals surface area contributed by atoms with E-state index in [4.69, 9.17) is 0 Å². The molecule has 0 bridgehead atoms. The molecule has 1 heterocycles. The van der Waals surface area contributed by atoms with E-state index in [1.54, 1.807) is 29.4 Å². The fourth-order valence-electron chi connectivity index (χ4n) is 2.63. The van der Waals surface area contributed by atoms with Crippen LogP contribution in [0.4, 0.5) is 5.69 Å². The quantitative estimate of drug-likeness (QED) is 0.749. The lowest BCUT2D eigenvalue weighted by Crippen LogP contribution is -2.23. The topological polar surface area (TPSA) is 66.5 Å². The Morgan fingerprint density at radius 1 is 1.12 bits per heavy atom. The van der Waals surface area contributed by atoms with Gasteiger partial charge in [-0.15, -0.1) is 11.3 Å². The number of carbonyl (C=O) groups is 3. The van der Waals surface area contributed by atoms with Crippen molar-refractivity contribution in [3.63, 3.8) is 0 Å². The summed E-state index contributed by atoms with van der Waals surface area (Å²) in [7, 11) is 1.73. The average molecular weight is 372 g/mol. The van der Waals surface area contributed by atoms with Crippen molar-refractivity contribution in [2.24, 2.45) is 0 Å². The summed E-state index contributed by atoms with van der Waals surface area (Å²) in [5.74, 6) is -0.212. The predicted molar refractivity (Wildman–Crippen MR) is 105 cm³/mol. The van der Waals surface area contributed by atoms with Crippen LogP contribution in [0.1, 0.15) is 45.4 Å². The molecule has 138 valence electrons. The van der Waals surface area contributed by atoms with Gasteiger partial charge in [-0.05, 0) is 37.6 Å². The van der Waals surface area contributed by atoms with Crippen LogP contribution in [0, 0.1) is 13.8 Å². The van der Waals surface area contributed by atoms with Crippen LogP contribution in [0.2, 0.25) is 0 Å². The summed E-state index contributed by atoms with van der Waals surface area (Å²) in [6.45, 7) is 5.89. The van der Waals surface area contributed by atoms with Crippen molar-refractivity contribution in [2.45, 2.75) is 40.2 Å². The molecule has 2 rings (SSSR count). The van der Waals surface area contributed by atoms with Crippen molar-refractivity contribution in [3.05, 3.63) is 51.2 Å². The number of thiophene rings is 1. The summed E-state index contributed by atoms with van der Waals surface area (Å²) in [5, 5.41) is 2.82. The molecular formula is C20H24N2O3S. The number of rotatable bonds is 7. The summed E-state index contributed by atoms with van der Waals surface area (Å²) < 4.78 is 0. The number of aryl methyl sites for hydroxylation is 2. The maximum atomic E-state index is 12.3. The molecule has 26 heavy (non-hydrogen) atoms. The molecule has 0 saturated heterocycles. The van der Waals surface area contributed by atoms with Crippen LogP contribution in [-0.2, 0) is 16.1 Å². The van der Waals surface area contributed by atoms with Crippen molar-refractivity contribution in [3.8, 4) is 0 Å². The Kier molecular flexibility index (Phi) is 6.69. The monoisotopic (exact) mass is 372 g/mol. The zero-order valence-corrected chi connectivity index (χ0v) is 16.4. The Hall–Kier alpha value is -2.47. The molecule has 1 N–H and O–H groups in total. The summed E-state index contributed by atoms with van der Waals surface area (Å²) >= 11 is 1.59. The Labute approximate surface area is 158 Å². The number of hydrogen-bond donors (Lipinski definition) is 1. The van der Waals surface area contributed by atoms with Crippen LogP contribution >= 0.6 is 11.3 Å². The van der Waals surface area contributed by atoms with Crippen molar-refractivity contribution in [2.75, 3.05) is 12.4 Å². The number of nitrogens with one attached hydrogen (secondary N) is 1. The molecule has 0 unspecified atom stereocenters. The molecule has 0 aliphatic heterocycles. The smallest absolute Gasteiger partial charge is 0.224 e. The Morgan fingerprint density at radius 2 is 1.85 bits per heavy atom.